The fraction of sp³-hybridized carbons (Fsp3) is 0.176. The number of benzene rings is 2. The van der Waals surface area contributed by atoms with Gasteiger partial charge in [0.25, 0.3) is 0 Å². The second-order valence-electron chi connectivity index (χ2n) is 4.93. The smallest absolute Gasteiger partial charge is 0.233 e. The summed E-state index contributed by atoms with van der Waals surface area (Å²) in [6.07, 6.45) is -0.292. The number of nitrogens with one attached hydrogen (secondary N) is 2. The average molecular weight is 333 g/mol. The van der Waals surface area contributed by atoms with E-state index in [0.717, 1.165) is 5.56 Å². The van der Waals surface area contributed by atoms with E-state index in [0.29, 0.717) is 22.1 Å². The van der Waals surface area contributed by atoms with Crippen molar-refractivity contribution in [1.82, 2.24) is 0 Å². The summed E-state index contributed by atoms with van der Waals surface area (Å²) in [5.41, 5.74) is 1.98. The van der Waals surface area contributed by atoms with Gasteiger partial charge in [-0.15, -0.1) is 0 Å². The molecule has 0 saturated carbocycles. The van der Waals surface area contributed by atoms with Crippen LogP contribution in [0.2, 0.25) is 5.02 Å². The maximum absolute atomic E-state index is 12.0. The van der Waals surface area contributed by atoms with Gasteiger partial charge in [-0.2, -0.15) is 0 Å². The fourth-order valence-corrected chi connectivity index (χ4v) is 2.28. The van der Waals surface area contributed by atoms with Gasteiger partial charge in [-0.1, -0.05) is 23.7 Å². The third kappa shape index (κ3) is 4.72. The zero-order valence-electron chi connectivity index (χ0n) is 12.9. The molecule has 0 aliphatic heterocycles. The average Bonchev–Trinajstić information content (AvgIpc) is 2.50. The zero-order chi connectivity index (χ0) is 16.8. The van der Waals surface area contributed by atoms with Gasteiger partial charge in [0.1, 0.15) is 12.2 Å². The molecule has 0 saturated heterocycles. The van der Waals surface area contributed by atoms with Crippen LogP contribution in [-0.2, 0) is 9.59 Å². The van der Waals surface area contributed by atoms with Gasteiger partial charge in [-0.05, 0) is 42.8 Å². The molecule has 0 spiro atoms. The topological polar surface area (TPSA) is 67.4 Å². The first-order valence-corrected chi connectivity index (χ1v) is 7.36. The maximum atomic E-state index is 12.0. The van der Waals surface area contributed by atoms with E-state index in [1.807, 2.05) is 6.92 Å². The van der Waals surface area contributed by atoms with Crippen LogP contribution in [0.3, 0.4) is 0 Å². The number of halogens is 1. The Kier molecular flexibility index (Phi) is 5.60. The summed E-state index contributed by atoms with van der Waals surface area (Å²) in [7, 11) is 1.51. The van der Waals surface area contributed by atoms with E-state index in [1.54, 1.807) is 42.5 Å². The van der Waals surface area contributed by atoms with Crippen LogP contribution in [-0.4, -0.2) is 18.9 Å². The largest absolute Gasteiger partial charge is 0.495 e. The second-order valence-corrected chi connectivity index (χ2v) is 5.37. The molecule has 2 aromatic carbocycles. The maximum Gasteiger partial charge on any atom is 0.233 e. The fourth-order valence-electron chi connectivity index (χ4n) is 2.05. The number of hydrogen-bond donors (Lipinski definition) is 2. The van der Waals surface area contributed by atoms with Crippen LogP contribution < -0.4 is 15.4 Å². The summed E-state index contributed by atoms with van der Waals surface area (Å²) in [6.45, 7) is 1.83. The van der Waals surface area contributed by atoms with E-state index >= 15 is 0 Å². The Morgan fingerprint density at radius 1 is 1.04 bits per heavy atom. The molecule has 0 bridgehead atoms. The highest BCUT2D eigenvalue weighted by molar-refractivity contribution is 6.30. The Bertz CT molecular complexity index is 732. The molecule has 0 heterocycles. The highest BCUT2D eigenvalue weighted by atomic mass is 35.5. The molecule has 2 amide bonds. The molecule has 0 fully saturated rings. The van der Waals surface area contributed by atoms with Crippen LogP contribution in [0.4, 0.5) is 11.4 Å². The first-order valence-electron chi connectivity index (χ1n) is 6.98. The summed E-state index contributed by atoms with van der Waals surface area (Å²) >= 11 is 5.87. The van der Waals surface area contributed by atoms with Crippen molar-refractivity contribution in [3.8, 4) is 5.75 Å². The Hall–Kier alpha value is -2.53. The Morgan fingerprint density at radius 2 is 1.70 bits per heavy atom. The molecular weight excluding hydrogens is 316 g/mol. The minimum atomic E-state index is -0.418. The van der Waals surface area contributed by atoms with E-state index in [1.165, 1.54) is 7.11 Å². The van der Waals surface area contributed by atoms with Crippen molar-refractivity contribution in [2.45, 2.75) is 13.3 Å². The van der Waals surface area contributed by atoms with Crippen LogP contribution in [0.1, 0.15) is 12.0 Å². The normalized spacial score (nSPS) is 10.0. The van der Waals surface area contributed by atoms with Crippen LogP contribution in [0.25, 0.3) is 0 Å². The van der Waals surface area contributed by atoms with Crippen LogP contribution in [0.15, 0.2) is 42.5 Å². The van der Waals surface area contributed by atoms with Crippen molar-refractivity contribution in [3.63, 3.8) is 0 Å². The van der Waals surface area contributed by atoms with Crippen molar-refractivity contribution in [3.05, 3.63) is 53.1 Å². The molecule has 120 valence electrons. The predicted molar refractivity (Wildman–Crippen MR) is 91.1 cm³/mol. The van der Waals surface area contributed by atoms with Crippen molar-refractivity contribution >= 4 is 34.8 Å². The summed E-state index contributed by atoms with van der Waals surface area (Å²) < 4.78 is 5.15. The molecule has 5 nitrogen and oxygen atoms in total. The molecule has 0 aliphatic carbocycles. The van der Waals surface area contributed by atoms with Crippen molar-refractivity contribution in [2.24, 2.45) is 0 Å². The van der Waals surface area contributed by atoms with Crippen molar-refractivity contribution in [1.29, 1.82) is 0 Å². The molecular formula is C17H17ClN2O3. The summed E-state index contributed by atoms with van der Waals surface area (Å²) in [4.78, 5) is 23.9. The summed E-state index contributed by atoms with van der Waals surface area (Å²) in [6, 6.07) is 12.1. The number of para-hydroxylation sites is 2. The standard InChI is InChI=1S/C17H17ClN2O3/c1-11-9-12(18)7-8-13(11)19-16(21)10-17(22)20-14-5-3-4-6-15(14)23-2/h3-9H,10H2,1-2H3,(H,19,21)(H,20,22). The van der Waals surface area contributed by atoms with E-state index < -0.39 is 11.8 Å². The lowest BCUT2D eigenvalue weighted by molar-refractivity contribution is -0.123. The zero-order valence-corrected chi connectivity index (χ0v) is 13.6. The Labute approximate surface area is 139 Å². The van der Waals surface area contributed by atoms with Gasteiger partial charge in [0.05, 0.1) is 12.8 Å². The van der Waals surface area contributed by atoms with Gasteiger partial charge >= 0.3 is 0 Å². The van der Waals surface area contributed by atoms with Gasteiger partial charge in [0.2, 0.25) is 11.8 Å². The minimum absolute atomic E-state index is 0.292. The summed E-state index contributed by atoms with van der Waals surface area (Å²) in [5, 5.41) is 5.94. The van der Waals surface area contributed by atoms with Crippen molar-refractivity contribution < 1.29 is 14.3 Å². The molecule has 2 aromatic rings. The number of methoxy groups -OCH3 is 1. The van der Waals surface area contributed by atoms with E-state index in [4.69, 9.17) is 16.3 Å². The lowest BCUT2D eigenvalue weighted by Crippen LogP contribution is -2.22. The van der Waals surface area contributed by atoms with Gasteiger partial charge in [-0.25, -0.2) is 0 Å². The highest BCUT2D eigenvalue weighted by Crippen LogP contribution is 2.23. The van der Waals surface area contributed by atoms with Crippen LogP contribution >= 0.6 is 11.6 Å². The lowest BCUT2D eigenvalue weighted by atomic mass is 10.2. The lowest BCUT2D eigenvalue weighted by Gasteiger charge is -2.11. The number of hydrogen-bond acceptors (Lipinski definition) is 3. The number of rotatable bonds is 5. The predicted octanol–water partition coefficient (Wildman–Crippen LogP) is 3.62. The van der Waals surface area contributed by atoms with Gasteiger partial charge < -0.3 is 15.4 Å². The Morgan fingerprint density at radius 3 is 2.35 bits per heavy atom. The first-order chi connectivity index (χ1) is 11.0. The molecule has 0 unspecified atom stereocenters. The first kappa shape index (κ1) is 16.8. The number of carbonyl (C=O) groups excluding carboxylic acids is 2. The third-order valence-electron chi connectivity index (χ3n) is 3.16. The minimum Gasteiger partial charge on any atom is -0.495 e. The number of amides is 2. The number of ether oxygens (including phenoxy) is 1. The summed E-state index contributed by atoms with van der Waals surface area (Å²) in [5.74, 6) is -0.281. The second kappa shape index (κ2) is 7.65. The quantitative estimate of drug-likeness (QED) is 0.822. The van der Waals surface area contributed by atoms with E-state index in [2.05, 4.69) is 10.6 Å². The Balaban J connectivity index is 1.96. The van der Waals surface area contributed by atoms with Gasteiger partial charge in [0.15, 0.2) is 0 Å². The molecule has 0 aromatic heterocycles. The van der Waals surface area contributed by atoms with Gasteiger partial charge in [-0.3, -0.25) is 9.59 Å². The van der Waals surface area contributed by atoms with Crippen molar-refractivity contribution in [2.75, 3.05) is 17.7 Å². The van der Waals surface area contributed by atoms with E-state index in [-0.39, 0.29) is 6.42 Å². The van der Waals surface area contributed by atoms with E-state index in [9.17, 15) is 9.59 Å². The van der Waals surface area contributed by atoms with Crippen LogP contribution in [0, 0.1) is 6.92 Å². The molecule has 6 heteroatoms. The number of anilines is 2. The molecule has 23 heavy (non-hydrogen) atoms. The molecule has 2 rings (SSSR count). The molecule has 0 radical (unpaired) electrons. The monoisotopic (exact) mass is 332 g/mol. The van der Waals surface area contributed by atoms with Gasteiger partial charge in [0, 0.05) is 10.7 Å². The molecule has 0 aliphatic rings. The number of aryl methyl sites for hydroxylation is 1. The molecule has 2 N–H and O–H groups in total. The highest BCUT2D eigenvalue weighted by Gasteiger charge is 2.13. The van der Waals surface area contributed by atoms with Crippen LogP contribution in [0.5, 0.6) is 5.75 Å². The number of carbonyl (C=O) groups is 2. The third-order valence-corrected chi connectivity index (χ3v) is 3.40. The molecule has 0 atom stereocenters. The SMILES string of the molecule is COc1ccccc1NC(=O)CC(=O)Nc1ccc(Cl)cc1C.